The first-order valence-corrected chi connectivity index (χ1v) is 7.73. The topological polar surface area (TPSA) is 80.7 Å². The maximum absolute atomic E-state index is 13.0. The van der Waals surface area contributed by atoms with Gasteiger partial charge in [0.15, 0.2) is 6.61 Å². The van der Waals surface area contributed by atoms with E-state index in [0.29, 0.717) is 19.3 Å². The number of rotatable bonds is 4. The number of carbonyl (C=O) groups excluding carboxylic acids is 1. The first-order chi connectivity index (χ1) is 9.71. The normalized spacial score (nSPS) is 18.9. The molecule has 1 aliphatic carbocycles. The molecule has 0 fully saturated rings. The third kappa shape index (κ3) is 3.56. The highest BCUT2D eigenvalue weighted by Gasteiger charge is 2.46. The summed E-state index contributed by atoms with van der Waals surface area (Å²) >= 11 is 0. The van der Waals surface area contributed by atoms with Crippen molar-refractivity contribution in [1.29, 1.82) is 0 Å². The number of hydrogen-bond donors (Lipinski definition) is 1. The van der Waals surface area contributed by atoms with Crippen LogP contribution in [0, 0.1) is 5.92 Å². The Morgan fingerprint density at radius 1 is 1.33 bits per heavy atom. The molecule has 0 spiro atoms. The van der Waals surface area contributed by atoms with Crippen LogP contribution < -0.4 is 0 Å². The second kappa shape index (κ2) is 5.69. The zero-order valence-corrected chi connectivity index (χ0v) is 11.8. The molecule has 21 heavy (non-hydrogen) atoms. The van der Waals surface area contributed by atoms with Crippen LogP contribution >= 0.6 is 0 Å². The van der Waals surface area contributed by atoms with E-state index >= 15 is 0 Å². The highest BCUT2D eigenvalue weighted by molar-refractivity contribution is 7.86. The number of ether oxygens (including phenoxy) is 1. The average molecular weight is 320 g/mol. The summed E-state index contributed by atoms with van der Waals surface area (Å²) in [6, 6.07) is 7.48. The van der Waals surface area contributed by atoms with Crippen LogP contribution in [-0.4, -0.2) is 30.8 Å². The molecule has 0 bridgehead atoms. The number of benzene rings is 1. The van der Waals surface area contributed by atoms with E-state index in [-0.39, 0.29) is 0 Å². The van der Waals surface area contributed by atoms with Crippen molar-refractivity contribution < 1.29 is 31.3 Å². The molecule has 1 N–H and O–H groups in total. The summed E-state index contributed by atoms with van der Waals surface area (Å²) in [4.78, 5) is 11.7. The Morgan fingerprint density at radius 2 is 1.95 bits per heavy atom. The predicted octanol–water partition coefficient (Wildman–Crippen LogP) is 1.82. The molecule has 0 aromatic heterocycles. The van der Waals surface area contributed by atoms with Crippen molar-refractivity contribution in [2.45, 2.75) is 24.5 Å². The fourth-order valence-electron chi connectivity index (χ4n) is 2.25. The third-order valence-corrected chi connectivity index (χ3v) is 4.31. The Hall–Kier alpha value is -1.54. The maximum Gasteiger partial charge on any atom is 0.402 e. The highest BCUT2D eigenvalue weighted by Crippen LogP contribution is 2.27. The molecule has 0 saturated heterocycles. The Balaban J connectivity index is 1.97. The molecule has 1 aromatic rings. The molecule has 1 aromatic carbocycles. The number of halogens is 2. The second-order valence-corrected chi connectivity index (χ2v) is 6.48. The Labute approximate surface area is 120 Å². The zero-order chi connectivity index (χ0) is 15.7. The number of hydrogen-bond acceptors (Lipinski definition) is 4. The molecule has 2 rings (SSSR count). The minimum Gasteiger partial charge on any atom is -0.458 e. The summed E-state index contributed by atoms with van der Waals surface area (Å²) in [5.41, 5.74) is 2.05. The Kier molecular flexibility index (Phi) is 4.29. The predicted molar refractivity (Wildman–Crippen MR) is 69.4 cm³/mol. The molecule has 0 saturated carbocycles. The fourth-order valence-corrected chi connectivity index (χ4v) is 2.45. The summed E-state index contributed by atoms with van der Waals surface area (Å²) < 4.78 is 59.5. The molecule has 8 heteroatoms. The number of aryl methyl sites for hydroxylation is 1. The Morgan fingerprint density at radius 3 is 2.57 bits per heavy atom. The van der Waals surface area contributed by atoms with Crippen molar-refractivity contribution in [1.82, 2.24) is 0 Å². The summed E-state index contributed by atoms with van der Waals surface area (Å²) in [7, 11) is -5.59. The van der Waals surface area contributed by atoms with Crippen molar-refractivity contribution in [2.75, 3.05) is 6.61 Å². The number of carbonyl (C=O) groups is 1. The molecule has 1 unspecified atom stereocenters. The van der Waals surface area contributed by atoms with Gasteiger partial charge in [-0.2, -0.15) is 17.2 Å². The van der Waals surface area contributed by atoms with Crippen molar-refractivity contribution in [3.63, 3.8) is 0 Å². The molecule has 0 heterocycles. The van der Waals surface area contributed by atoms with Gasteiger partial charge >= 0.3 is 21.3 Å². The van der Waals surface area contributed by atoms with Gasteiger partial charge in [-0.05, 0) is 30.4 Å². The quantitative estimate of drug-likeness (QED) is 0.676. The van der Waals surface area contributed by atoms with Crippen LogP contribution in [0.3, 0.4) is 0 Å². The first kappa shape index (κ1) is 15.8. The van der Waals surface area contributed by atoms with Crippen LogP contribution in [0.15, 0.2) is 24.3 Å². The van der Waals surface area contributed by atoms with Gasteiger partial charge in [0.1, 0.15) is 0 Å². The molecule has 0 amide bonds. The number of fused-ring (bicyclic) bond motifs is 1. The number of esters is 1. The van der Waals surface area contributed by atoms with Crippen LogP contribution in [0.4, 0.5) is 8.78 Å². The van der Waals surface area contributed by atoms with Gasteiger partial charge in [-0.15, -0.1) is 0 Å². The molecule has 1 atom stereocenters. The van der Waals surface area contributed by atoms with Gasteiger partial charge in [-0.3, -0.25) is 9.35 Å². The van der Waals surface area contributed by atoms with Crippen LogP contribution in [0.2, 0.25) is 0 Å². The number of alkyl halides is 2. The van der Waals surface area contributed by atoms with Crippen LogP contribution in [0.5, 0.6) is 0 Å². The van der Waals surface area contributed by atoms with Crippen molar-refractivity contribution in [3.8, 4) is 0 Å². The van der Waals surface area contributed by atoms with Gasteiger partial charge in [0.25, 0.3) is 0 Å². The van der Waals surface area contributed by atoms with Crippen LogP contribution in [-0.2, 0) is 32.5 Å². The maximum atomic E-state index is 13.0. The lowest BCUT2D eigenvalue weighted by atomic mass is 9.84. The SMILES string of the molecule is O=C(OCC(F)(F)S(=O)(=O)O)C1CCc2ccccc2C1. The zero-order valence-electron chi connectivity index (χ0n) is 11.0. The molecular formula is C13H14F2O5S. The van der Waals surface area contributed by atoms with E-state index in [0.717, 1.165) is 11.1 Å². The van der Waals surface area contributed by atoms with Gasteiger partial charge in [0.05, 0.1) is 5.92 Å². The minimum atomic E-state index is -5.59. The van der Waals surface area contributed by atoms with Gasteiger partial charge in [0, 0.05) is 0 Å². The van der Waals surface area contributed by atoms with E-state index < -0.39 is 33.9 Å². The van der Waals surface area contributed by atoms with Crippen LogP contribution in [0.25, 0.3) is 0 Å². The van der Waals surface area contributed by atoms with E-state index in [1.165, 1.54) is 0 Å². The lowest BCUT2D eigenvalue weighted by molar-refractivity contribution is -0.154. The molecule has 0 aliphatic heterocycles. The van der Waals surface area contributed by atoms with Gasteiger partial charge in [-0.25, -0.2) is 0 Å². The lowest BCUT2D eigenvalue weighted by Gasteiger charge is -2.23. The monoisotopic (exact) mass is 320 g/mol. The van der Waals surface area contributed by atoms with Gasteiger partial charge < -0.3 is 4.74 Å². The second-order valence-electron chi connectivity index (χ2n) is 4.93. The van der Waals surface area contributed by atoms with Crippen molar-refractivity contribution >= 4 is 16.1 Å². The largest absolute Gasteiger partial charge is 0.458 e. The van der Waals surface area contributed by atoms with E-state index in [4.69, 9.17) is 4.55 Å². The summed E-state index contributed by atoms with van der Waals surface area (Å²) in [5.74, 6) is -1.47. The van der Waals surface area contributed by atoms with E-state index in [2.05, 4.69) is 4.74 Å². The molecule has 116 valence electrons. The molecular weight excluding hydrogens is 306 g/mol. The van der Waals surface area contributed by atoms with E-state index in [1.807, 2.05) is 24.3 Å². The standard InChI is InChI=1S/C13H14F2O5S/c14-13(15,21(17,18)19)8-20-12(16)11-6-5-9-3-1-2-4-10(9)7-11/h1-4,11H,5-8H2,(H,17,18,19). The smallest absolute Gasteiger partial charge is 0.402 e. The third-order valence-electron chi connectivity index (χ3n) is 3.44. The van der Waals surface area contributed by atoms with E-state index in [9.17, 15) is 22.0 Å². The lowest BCUT2D eigenvalue weighted by Crippen LogP contribution is -2.36. The fraction of sp³-hybridized carbons (Fsp3) is 0.462. The molecule has 0 radical (unpaired) electrons. The van der Waals surface area contributed by atoms with Crippen molar-refractivity contribution in [2.24, 2.45) is 5.92 Å². The summed E-state index contributed by atoms with van der Waals surface area (Å²) in [5, 5.41) is -4.49. The average Bonchev–Trinajstić information content (AvgIpc) is 2.43. The highest BCUT2D eigenvalue weighted by atomic mass is 32.2. The van der Waals surface area contributed by atoms with Gasteiger partial charge in [0.2, 0.25) is 0 Å². The first-order valence-electron chi connectivity index (χ1n) is 6.29. The summed E-state index contributed by atoms with van der Waals surface area (Å²) in [6.45, 7) is -1.68. The molecule has 1 aliphatic rings. The Bertz CT molecular complexity index is 642. The minimum absolute atomic E-state index is 0.368. The van der Waals surface area contributed by atoms with Crippen molar-refractivity contribution in [3.05, 3.63) is 35.4 Å². The molecule has 5 nitrogen and oxygen atoms in total. The van der Waals surface area contributed by atoms with E-state index in [1.54, 1.807) is 0 Å². The van der Waals surface area contributed by atoms with Gasteiger partial charge in [-0.1, -0.05) is 24.3 Å². The van der Waals surface area contributed by atoms with Crippen LogP contribution in [0.1, 0.15) is 17.5 Å². The summed E-state index contributed by atoms with van der Waals surface area (Å²) in [6.07, 6.45) is 1.45.